The molecule has 1 atom stereocenters. The summed E-state index contributed by atoms with van der Waals surface area (Å²) in [5.74, 6) is -0.0276. The number of methoxy groups -OCH3 is 1. The number of nitrogens with one attached hydrogen (secondary N) is 1. The van der Waals surface area contributed by atoms with Crippen molar-refractivity contribution in [3.8, 4) is 0 Å². The summed E-state index contributed by atoms with van der Waals surface area (Å²) in [4.78, 5) is 23.1. The Morgan fingerprint density at radius 3 is 2.91 bits per heavy atom. The number of carbonyl (C=O) groups excluding carboxylic acids is 2. The summed E-state index contributed by atoms with van der Waals surface area (Å²) in [7, 11) is 1.30. The van der Waals surface area contributed by atoms with Gasteiger partial charge in [0.1, 0.15) is 5.76 Å². The molecule has 0 saturated heterocycles. The van der Waals surface area contributed by atoms with Crippen LogP contribution in [0.15, 0.2) is 28.9 Å². The Kier molecular flexibility index (Phi) is 5.21. The lowest BCUT2D eigenvalue weighted by atomic mass is 10.2. The molecule has 0 bridgehead atoms. The van der Waals surface area contributed by atoms with Gasteiger partial charge in [0.15, 0.2) is 5.76 Å². The maximum atomic E-state index is 12.0. The number of amides is 1. The van der Waals surface area contributed by atoms with Crippen LogP contribution in [0, 0.1) is 0 Å². The monoisotopic (exact) mass is 325 g/mol. The van der Waals surface area contributed by atoms with Crippen molar-refractivity contribution < 1.29 is 18.7 Å². The molecule has 0 aliphatic carbocycles. The number of furan rings is 1. The Morgan fingerprint density at radius 1 is 1.50 bits per heavy atom. The first-order valence-corrected chi connectivity index (χ1v) is 7.00. The van der Waals surface area contributed by atoms with Crippen LogP contribution in [0.2, 0.25) is 5.02 Å². The third-order valence-electron chi connectivity index (χ3n) is 2.88. The lowest BCUT2D eigenvalue weighted by Crippen LogP contribution is -2.34. The standard InChI is InChI=1S/C14H16ClN3O4/c1-9(5-13(19)21-2)17-14(20)12-4-3-11(22-12)8-18-7-10(15)6-16-18/h3-4,6-7,9H,5,8H2,1-2H3,(H,17,20). The van der Waals surface area contributed by atoms with Crippen LogP contribution >= 0.6 is 11.6 Å². The molecule has 1 unspecified atom stereocenters. The molecular weight excluding hydrogens is 310 g/mol. The third kappa shape index (κ3) is 4.36. The van der Waals surface area contributed by atoms with Gasteiger partial charge in [-0.05, 0) is 19.1 Å². The molecule has 0 fully saturated rings. The summed E-state index contributed by atoms with van der Waals surface area (Å²) in [5.41, 5.74) is 0. The second-order valence-electron chi connectivity index (χ2n) is 4.78. The van der Waals surface area contributed by atoms with E-state index >= 15 is 0 Å². The Balaban J connectivity index is 1.92. The van der Waals surface area contributed by atoms with E-state index in [2.05, 4.69) is 15.2 Å². The van der Waals surface area contributed by atoms with E-state index in [0.29, 0.717) is 17.3 Å². The van der Waals surface area contributed by atoms with Crippen LogP contribution in [-0.4, -0.2) is 34.8 Å². The minimum absolute atomic E-state index is 0.0988. The SMILES string of the molecule is COC(=O)CC(C)NC(=O)c1ccc(Cn2cc(Cl)cn2)o1. The van der Waals surface area contributed by atoms with E-state index in [9.17, 15) is 9.59 Å². The van der Waals surface area contributed by atoms with Crippen molar-refractivity contribution >= 4 is 23.5 Å². The zero-order chi connectivity index (χ0) is 16.1. The summed E-state index contributed by atoms with van der Waals surface area (Å²) in [6, 6.07) is 2.91. The van der Waals surface area contributed by atoms with E-state index in [1.807, 2.05) is 0 Å². The van der Waals surface area contributed by atoms with Crippen LogP contribution in [0.5, 0.6) is 0 Å². The van der Waals surface area contributed by atoms with Gasteiger partial charge in [0.25, 0.3) is 5.91 Å². The fourth-order valence-corrected chi connectivity index (χ4v) is 2.00. The minimum atomic E-state index is -0.388. The molecule has 0 aromatic carbocycles. The fraction of sp³-hybridized carbons (Fsp3) is 0.357. The molecule has 0 spiro atoms. The number of esters is 1. The Bertz CT molecular complexity index is 665. The zero-order valence-electron chi connectivity index (χ0n) is 12.2. The first-order valence-electron chi connectivity index (χ1n) is 6.62. The average Bonchev–Trinajstić information content (AvgIpc) is 3.08. The molecule has 0 aliphatic rings. The largest absolute Gasteiger partial charge is 0.469 e. The van der Waals surface area contributed by atoms with Gasteiger partial charge >= 0.3 is 5.97 Å². The summed E-state index contributed by atoms with van der Waals surface area (Å²) < 4.78 is 11.6. The van der Waals surface area contributed by atoms with Crippen LogP contribution in [0.4, 0.5) is 0 Å². The number of nitrogens with zero attached hydrogens (tertiary/aromatic N) is 2. The predicted molar refractivity (Wildman–Crippen MR) is 78.6 cm³/mol. The summed E-state index contributed by atoms with van der Waals surface area (Å²) in [6.45, 7) is 2.09. The molecule has 8 heteroatoms. The molecule has 0 aliphatic heterocycles. The highest BCUT2D eigenvalue weighted by Gasteiger charge is 2.16. The highest BCUT2D eigenvalue weighted by Crippen LogP contribution is 2.12. The van der Waals surface area contributed by atoms with Crippen molar-refractivity contribution in [1.82, 2.24) is 15.1 Å². The van der Waals surface area contributed by atoms with Crippen LogP contribution in [0.3, 0.4) is 0 Å². The van der Waals surface area contributed by atoms with Gasteiger partial charge in [-0.25, -0.2) is 0 Å². The number of aromatic nitrogens is 2. The summed E-state index contributed by atoms with van der Waals surface area (Å²) in [6.07, 6.45) is 3.27. The van der Waals surface area contributed by atoms with E-state index in [1.54, 1.807) is 29.9 Å². The van der Waals surface area contributed by atoms with Crippen LogP contribution < -0.4 is 5.32 Å². The second-order valence-corrected chi connectivity index (χ2v) is 5.21. The normalized spacial score (nSPS) is 12.0. The lowest BCUT2D eigenvalue weighted by molar-refractivity contribution is -0.141. The molecule has 0 radical (unpaired) electrons. The third-order valence-corrected chi connectivity index (χ3v) is 3.08. The number of rotatable bonds is 6. The lowest BCUT2D eigenvalue weighted by Gasteiger charge is -2.11. The summed E-state index contributed by atoms with van der Waals surface area (Å²) in [5, 5.41) is 7.22. The number of hydrogen-bond donors (Lipinski definition) is 1. The Labute approximate surface area is 132 Å². The molecule has 2 heterocycles. The topological polar surface area (TPSA) is 86.4 Å². The quantitative estimate of drug-likeness (QED) is 0.819. The number of halogens is 1. The molecule has 22 heavy (non-hydrogen) atoms. The van der Waals surface area contributed by atoms with Crippen LogP contribution in [0.25, 0.3) is 0 Å². The molecule has 7 nitrogen and oxygen atoms in total. The van der Waals surface area contributed by atoms with Gasteiger partial charge in [0.05, 0.1) is 31.3 Å². The van der Waals surface area contributed by atoms with Gasteiger partial charge in [0.2, 0.25) is 0 Å². The van der Waals surface area contributed by atoms with Gasteiger partial charge < -0.3 is 14.5 Å². The molecular formula is C14H16ClN3O4. The van der Waals surface area contributed by atoms with Gasteiger partial charge in [0, 0.05) is 12.2 Å². The maximum Gasteiger partial charge on any atom is 0.307 e. The zero-order valence-corrected chi connectivity index (χ0v) is 13.0. The molecule has 0 saturated carbocycles. The molecule has 1 N–H and O–H groups in total. The van der Waals surface area contributed by atoms with Crippen molar-refractivity contribution in [2.24, 2.45) is 0 Å². The molecule has 2 aromatic heterocycles. The molecule has 118 valence electrons. The van der Waals surface area contributed by atoms with Crippen molar-refractivity contribution in [3.05, 3.63) is 41.1 Å². The Morgan fingerprint density at radius 2 is 2.27 bits per heavy atom. The number of carbonyl (C=O) groups is 2. The predicted octanol–water partition coefficient (Wildman–Crippen LogP) is 1.86. The van der Waals surface area contributed by atoms with Crippen molar-refractivity contribution in [3.63, 3.8) is 0 Å². The minimum Gasteiger partial charge on any atom is -0.469 e. The van der Waals surface area contributed by atoms with Crippen molar-refractivity contribution in [2.45, 2.75) is 25.9 Å². The van der Waals surface area contributed by atoms with E-state index < -0.39 is 0 Å². The first kappa shape index (κ1) is 16.1. The first-order chi connectivity index (χ1) is 10.5. The highest BCUT2D eigenvalue weighted by molar-refractivity contribution is 6.30. The molecule has 2 aromatic rings. The van der Waals surface area contributed by atoms with E-state index in [0.717, 1.165) is 0 Å². The maximum absolute atomic E-state index is 12.0. The van der Waals surface area contributed by atoms with E-state index in [4.69, 9.17) is 16.0 Å². The van der Waals surface area contributed by atoms with Gasteiger partial charge in [-0.1, -0.05) is 11.6 Å². The van der Waals surface area contributed by atoms with Crippen molar-refractivity contribution in [1.29, 1.82) is 0 Å². The molecule has 1 amide bonds. The van der Waals surface area contributed by atoms with Gasteiger partial charge in [-0.2, -0.15) is 5.10 Å². The van der Waals surface area contributed by atoms with E-state index in [-0.39, 0.29) is 30.1 Å². The van der Waals surface area contributed by atoms with Gasteiger partial charge in [-0.15, -0.1) is 0 Å². The average molecular weight is 326 g/mol. The van der Waals surface area contributed by atoms with Gasteiger partial charge in [-0.3, -0.25) is 14.3 Å². The smallest absolute Gasteiger partial charge is 0.307 e. The van der Waals surface area contributed by atoms with Crippen molar-refractivity contribution in [2.75, 3.05) is 7.11 Å². The second kappa shape index (κ2) is 7.13. The number of hydrogen-bond acceptors (Lipinski definition) is 5. The van der Waals surface area contributed by atoms with E-state index in [1.165, 1.54) is 13.3 Å². The number of ether oxygens (including phenoxy) is 1. The summed E-state index contributed by atoms with van der Waals surface area (Å²) >= 11 is 5.78. The van der Waals surface area contributed by atoms with Crippen LogP contribution in [-0.2, 0) is 16.1 Å². The fourth-order valence-electron chi connectivity index (χ4n) is 1.85. The Hall–Kier alpha value is -2.28. The highest BCUT2D eigenvalue weighted by atomic mass is 35.5. The molecule has 2 rings (SSSR count). The van der Waals surface area contributed by atoms with Crippen LogP contribution in [0.1, 0.15) is 29.7 Å².